The van der Waals surface area contributed by atoms with E-state index in [-0.39, 0.29) is 4.90 Å². The summed E-state index contributed by atoms with van der Waals surface area (Å²) in [5.41, 5.74) is 6.85. The molecule has 17 heavy (non-hydrogen) atoms. The van der Waals surface area contributed by atoms with Gasteiger partial charge in [-0.2, -0.15) is 0 Å². The molecule has 2 rings (SSSR count). The molecule has 1 aromatic carbocycles. The van der Waals surface area contributed by atoms with Gasteiger partial charge in [0.2, 0.25) is 10.0 Å². The maximum absolute atomic E-state index is 12.1. The number of hydrogen-bond donors (Lipinski definition) is 2. The molecule has 1 fully saturated rings. The van der Waals surface area contributed by atoms with Gasteiger partial charge in [-0.3, -0.25) is 0 Å². The third-order valence-electron chi connectivity index (χ3n) is 3.40. The van der Waals surface area contributed by atoms with Crippen molar-refractivity contribution in [3.63, 3.8) is 0 Å². The van der Waals surface area contributed by atoms with E-state index in [0.717, 1.165) is 12.8 Å². The lowest BCUT2D eigenvalue weighted by Gasteiger charge is -2.25. The van der Waals surface area contributed by atoms with Gasteiger partial charge in [-0.15, -0.1) is 0 Å². The summed E-state index contributed by atoms with van der Waals surface area (Å²) in [7, 11) is -3.41. The summed E-state index contributed by atoms with van der Waals surface area (Å²) in [5, 5.41) is 0. The van der Waals surface area contributed by atoms with Crippen LogP contribution in [0.1, 0.15) is 24.8 Å². The molecular weight excluding hydrogens is 236 g/mol. The molecular formula is C12H18N2O2S. The molecule has 0 aromatic heterocycles. The Labute approximate surface area is 102 Å². The van der Waals surface area contributed by atoms with Crippen LogP contribution in [0.3, 0.4) is 0 Å². The van der Waals surface area contributed by atoms with Crippen molar-refractivity contribution in [2.24, 2.45) is 5.92 Å². The van der Waals surface area contributed by atoms with Gasteiger partial charge in [-0.05, 0) is 43.4 Å². The highest BCUT2D eigenvalue weighted by atomic mass is 32.2. The van der Waals surface area contributed by atoms with Crippen LogP contribution in [0.2, 0.25) is 0 Å². The van der Waals surface area contributed by atoms with Crippen LogP contribution in [0.25, 0.3) is 0 Å². The monoisotopic (exact) mass is 254 g/mol. The highest BCUT2D eigenvalue weighted by Crippen LogP contribution is 2.26. The zero-order valence-corrected chi connectivity index (χ0v) is 10.8. The Morgan fingerprint density at radius 1 is 1.41 bits per heavy atom. The van der Waals surface area contributed by atoms with E-state index in [4.69, 9.17) is 5.73 Å². The number of anilines is 1. The van der Waals surface area contributed by atoms with Crippen molar-refractivity contribution in [2.75, 3.05) is 12.3 Å². The highest BCUT2D eigenvalue weighted by molar-refractivity contribution is 7.89. The quantitative estimate of drug-likeness (QED) is 0.803. The summed E-state index contributed by atoms with van der Waals surface area (Å²) in [6.07, 6.45) is 3.46. The number of rotatable bonds is 4. The molecule has 5 heteroatoms. The first-order valence-corrected chi connectivity index (χ1v) is 7.34. The van der Waals surface area contributed by atoms with Gasteiger partial charge in [-0.25, -0.2) is 13.1 Å². The van der Waals surface area contributed by atoms with Crippen molar-refractivity contribution >= 4 is 15.7 Å². The van der Waals surface area contributed by atoms with Gasteiger partial charge in [-0.1, -0.05) is 12.5 Å². The maximum atomic E-state index is 12.1. The van der Waals surface area contributed by atoms with Gasteiger partial charge in [0.25, 0.3) is 0 Å². The zero-order chi connectivity index (χ0) is 12.5. The lowest BCUT2D eigenvalue weighted by atomic mass is 9.86. The minimum atomic E-state index is -3.41. The van der Waals surface area contributed by atoms with E-state index in [9.17, 15) is 8.42 Å². The largest absolute Gasteiger partial charge is 0.398 e. The lowest BCUT2D eigenvalue weighted by molar-refractivity contribution is 0.316. The van der Waals surface area contributed by atoms with E-state index in [0.29, 0.717) is 23.7 Å². The average Bonchev–Trinajstić information content (AvgIpc) is 2.19. The molecule has 0 unspecified atom stereocenters. The van der Waals surface area contributed by atoms with E-state index in [1.54, 1.807) is 25.1 Å². The average molecular weight is 254 g/mol. The van der Waals surface area contributed by atoms with Crippen LogP contribution in [0.15, 0.2) is 23.1 Å². The fraction of sp³-hybridized carbons (Fsp3) is 0.500. The smallest absolute Gasteiger partial charge is 0.240 e. The summed E-state index contributed by atoms with van der Waals surface area (Å²) in [4.78, 5) is 0.289. The van der Waals surface area contributed by atoms with Crippen molar-refractivity contribution < 1.29 is 8.42 Å². The molecule has 0 bridgehead atoms. The lowest BCUT2D eigenvalue weighted by Crippen LogP contribution is -2.32. The van der Waals surface area contributed by atoms with Crippen LogP contribution in [-0.4, -0.2) is 15.0 Å². The number of nitrogens with one attached hydrogen (secondary N) is 1. The second-order valence-corrected chi connectivity index (χ2v) is 6.35. The van der Waals surface area contributed by atoms with Gasteiger partial charge >= 0.3 is 0 Å². The summed E-state index contributed by atoms with van der Waals surface area (Å²) in [6.45, 7) is 2.27. The second kappa shape index (κ2) is 4.66. The van der Waals surface area contributed by atoms with E-state index in [1.165, 1.54) is 6.42 Å². The Bertz CT molecular complexity index is 507. The molecule has 0 spiro atoms. The number of hydrogen-bond acceptors (Lipinski definition) is 3. The number of benzene rings is 1. The summed E-state index contributed by atoms with van der Waals surface area (Å²) in [5.74, 6) is 0.506. The molecule has 94 valence electrons. The van der Waals surface area contributed by atoms with Gasteiger partial charge in [0.15, 0.2) is 0 Å². The Balaban J connectivity index is 2.15. The number of nitrogen functional groups attached to an aromatic ring is 1. The molecule has 0 radical (unpaired) electrons. The predicted molar refractivity (Wildman–Crippen MR) is 68.1 cm³/mol. The van der Waals surface area contributed by atoms with Gasteiger partial charge in [0.1, 0.15) is 0 Å². The SMILES string of the molecule is Cc1c(N)cccc1S(=O)(=O)NCC1CCC1. The molecule has 3 N–H and O–H groups in total. The Hall–Kier alpha value is -1.07. The van der Waals surface area contributed by atoms with Crippen molar-refractivity contribution in [3.8, 4) is 0 Å². The molecule has 1 aromatic rings. The fourth-order valence-corrected chi connectivity index (χ4v) is 3.31. The number of nitrogens with two attached hydrogens (primary N) is 1. The Kier molecular flexibility index (Phi) is 3.40. The van der Waals surface area contributed by atoms with Crippen LogP contribution < -0.4 is 10.5 Å². The van der Waals surface area contributed by atoms with Crippen LogP contribution in [0.5, 0.6) is 0 Å². The van der Waals surface area contributed by atoms with Crippen molar-refractivity contribution in [1.29, 1.82) is 0 Å². The van der Waals surface area contributed by atoms with Gasteiger partial charge in [0.05, 0.1) is 4.90 Å². The maximum Gasteiger partial charge on any atom is 0.240 e. The summed E-state index contributed by atoms with van der Waals surface area (Å²) in [6, 6.07) is 4.97. The molecule has 1 aliphatic carbocycles. The normalized spacial score (nSPS) is 16.8. The van der Waals surface area contributed by atoms with Gasteiger partial charge in [0, 0.05) is 12.2 Å². The first-order valence-electron chi connectivity index (χ1n) is 5.85. The van der Waals surface area contributed by atoms with Crippen LogP contribution >= 0.6 is 0 Å². The van der Waals surface area contributed by atoms with Crippen LogP contribution in [-0.2, 0) is 10.0 Å². The predicted octanol–water partition coefficient (Wildman–Crippen LogP) is 1.66. The molecule has 0 saturated heterocycles. The second-order valence-electron chi connectivity index (χ2n) is 4.62. The third-order valence-corrected chi connectivity index (χ3v) is 4.97. The Morgan fingerprint density at radius 3 is 2.71 bits per heavy atom. The molecule has 4 nitrogen and oxygen atoms in total. The minimum Gasteiger partial charge on any atom is -0.398 e. The van der Waals surface area contributed by atoms with Crippen LogP contribution in [0, 0.1) is 12.8 Å². The first-order chi connectivity index (χ1) is 8.00. The molecule has 0 amide bonds. The van der Waals surface area contributed by atoms with E-state index in [1.807, 2.05) is 0 Å². The highest BCUT2D eigenvalue weighted by Gasteiger charge is 2.22. The Morgan fingerprint density at radius 2 is 2.12 bits per heavy atom. The van der Waals surface area contributed by atoms with E-state index < -0.39 is 10.0 Å². The third kappa shape index (κ3) is 2.61. The summed E-state index contributed by atoms with van der Waals surface area (Å²) < 4.78 is 26.8. The first kappa shape index (κ1) is 12.4. The van der Waals surface area contributed by atoms with Crippen LogP contribution in [0.4, 0.5) is 5.69 Å². The standard InChI is InChI=1S/C12H18N2O2S/c1-9-11(13)6-3-7-12(9)17(15,16)14-8-10-4-2-5-10/h3,6-7,10,14H,2,4-5,8,13H2,1H3. The fourth-order valence-electron chi connectivity index (χ4n) is 1.92. The van der Waals surface area contributed by atoms with Crippen molar-refractivity contribution in [3.05, 3.63) is 23.8 Å². The van der Waals surface area contributed by atoms with Gasteiger partial charge < -0.3 is 5.73 Å². The molecule has 1 aliphatic rings. The van der Waals surface area contributed by atoms with E-state index in [2.05, 4.69) is 4.72 Å². The van der Waals surface area contributed by atoms with Crippen molar-refractivity contribution in [2.45, 2.75) is 31.1 Å². The molecule has 0 aliphatic heterocycles. The molecule has 1 saturated carbocycles. The molecule has 0 heterocycles. The number of sulfonamides is 1. The minimum absolute atomic E-state index is 0.289. The van der Waals surface area contributed by atoms with E-state index >= 15 is 0 Å². The van der Waals surface area contributed by atoms with Crippen molar-refractivity contribution in [1.82, 2.24) is 4.72 Å². The summed E-state index contributed by atoms with van der Waals surface area (Å²) >= 11 is 0. The molecule has 0 atom stereocenters. The topological polar surface area (TPSA) is 72.2 Å². The zero-order valence-electron chi connectivity index (χ0n) is 9.94.